The van der Waals surface area contributed by atoms with E-state index in [4.69, 9.17) is 0 Å². The van der Waals surface area contributed by atoms with E-state index in [0.29, 0.717) is 11.7 Å². The number of H-pyrrole nitrogens is 1. The van der Waals surface area contributed by atoms with E-state index in [1.165, 1.54) is 43.2 Å². The number of rotatable bonds is 4. The fourth-order valence-electron chi connectivity index (χ4n) is 3.00. The van der Waals surface area contributed by atoms with E-state index in [2.05, 4.69) is 41.2 Å². The van der Waals surface area contributed by atoms with Crippen molar-refractivity contribution in [2.75, 3.05) is 0 Å². The van der Waals surface area contributed by atoms with Crippen LogP contribution in [0, 0.1) is 6.92 Å². The van der Waals surface area contributed by atoms with Crippen molar-refractivity contribution in [2.24, 2.45) is 0 Å². The molecule has 3 nitrogen and oxygen atoms in total. The monoisotopic (exact) mass is 314 g/mol. The lowest BCUT2D eigenvalue weighted by Gasteiger charge is -2.20. The number of nitrogens with one attached hydrogen (secondary N) is 1. The lowest BCUT2D eigenvalue weighted by molar-refractivity contribution is 0.515. The molecule has 0 aliphatic heterocycles. The Bertz CT molecular complexity index is 689. The second-order valence-electron chi connectivity index (χ2n) is 6.09. The van der Waals surface area contributed by atoms with Crippen LogP contribution in [-0.2, 0) is 6.42 Å². The number of aromatic amines is 1. The molecule has 1 heterocycles. The van der Waals surface area contributed by atoms with Gasteiger partial charge in [0.25, 0.3) is 5.56 Å². The lowest BCUT2D eigenvalue weighted by atomic mass is 10.0. The van der Waals surface area contributed by atoms with Gasteiger partial charge in [0.2, 0.25) is 0 Å². The van der Waals surface area contributed by atoms with Gasteiger partial charge in [-0.05, 0) is 25.3 Å². The number of hydrogen-bond donors (Lipinski definition) is 1. The summed E-state index contributed by atoms with van der Waals surface area (Å²) in [7, 11) is 0. The van der Waals surface area contributed by atoms with Gasteiger partial charge in [-0.1, -0.05) is 60.9 Å². The predicted molar refractivity (Wildman–Crippen MR) is 91.6 cm³/mol. The van der Waals surface area contributed by atoms with Crippen molar-refractivity contribution in [2.45, 2.75) is 55.9 Å². The first-order valence-corrected chi connectivity index (χ1v) is 8.89. The van der Waals surface area contributed by atoms with E-state index >= 15 is 0 Å². The van der Waals surface area contributed by atoms with Gasteiger partial charge in [-0.25, -0.2) is 4.98 Å². The molecular formula is C18H22N2OS. The molecule has 2 aromatic rings. The van der Waals surface area contributed by atoms with Crippen LogP contribution in [0.5, 0.6) is 0 Å². The van der Waals surface area contributed by atoms with Gasteiger partial charge < -0.3 is 4.98 Å². The van der Waals surface area contributed by atoms with Crippen LogP contribution in [0.4, 0.5) is 0 Å². The normalized spacial score (nSPS) is 15.9. The average molecular weight is 314 g/mol. The maximum atomic E-state index is 11.9. The Hall–Kier alpha value is -1.55. The standard InChI is InChI=1S/C18H22N2OS/c1-13-6-5-7-14(10-13)11-15-12-17(21)20-18(19-15)22-16-8-3-2-4-9-16/h5-7,10,12,16H,2-4,8-9,11H2,1H3,(H,19,20,21). The van der Waals surface area contributed by atoms with Crippen molar-refractivity contribution in [3.63, 3.8) is 0 Å². The molecule has 0 radical (unpaired) electrons. The van der Waals surface area contributed by atoms with Crippen LogP contribution in [0.1, 0.15) is 48.9 Å². The van der Waals surface area contributed by atoms with E-state index in [9.17, 15) is 4.79 Å². The number of thioether (sulfide) groups is 1. The van der Waals surface area contributed by atoms with E-state index in [1.54, 1.807) is 17.8 Å². The number of aromatic nitrogens is 2. The molecule has 0 bridgehead atoms. The molecule has 0 unspecified atom stereocenters. The molecule has 0 spiro atoms. The highest BCUT2D eigenvalue weighted by atomic mass is 32.2. The second kappa shape index (κ2) is 7.14. The van der Waals surface area contributed by atoms with Crippen molar-refractivity contribution in [3.05, 3.63) is 57.5 Å². The van der Waals surface area contributed by atoms with Crippen LogP contribution in [-0.4, -0.2) is 15.2 Å². The van der Waals surface area contributed by atoms with E-state index in [0.717, 1.165) is 10.9 Å². The first-order valence-electron chi connectivity index (χ1n) is 8.01. The smallest absolute Gasteiger partial charge is 0.251 e. The van der Waals surface area contributed by atoms with Gasteiger partial charge in [0.05, 0.1) is 5.69 Å². The van der Waals surface area contributed by atoms with Crippen molar-refractivity contribution >= 4 is 11.8 Å². The van der Waals surface area contributed by atoms with Gasteiger partial charge in [0, 0.05) is 17.7 Å². The molecule has 22 heavy (non-hydrogen) atoms. The Balaban J connectivity index is 1.75. The molecule has 1 aromatic heterocycles. The lowest BCUT2D eigenvalue weighted by Crippen LogP contribution is -2.14. The molecule has 116 valence electrons. The van der Waals surface area contributed by atoms with E-state index < -0.39 is 0 Å². The summed E-state index contributed by atoms with van der Waals surface area (Å²) in [6, 6.07) is 9.99. The van der Waals surface area contributed by atoms with Crippen molar-refractivity contribution in [1.82, 2.24) is 9.97 Å². The quantitative estimate of drug-likeness (QED) is 0.864. The van der Waals surface area contributed by atoms with Gasteiger partial charge >= 0.3 is 0 Å². The van der Waals surface area contributed by atoms with Gasteiger partial charge in [-0.2, -0.15) is 0 Å². The maximum Gasteiger partial charge on any atom is 0.251 e. The predicted octanol–water partition coefficient (Wildman–Crippen LogP) is 4.09. The highest BCUT2D eigenvalue weighted by molar-refractivity contribution is 7.99. The van der Waals surface area contributed by atoms with Crippen molar-refractivity contribution in [1.29, 1.82) is 0 Å². The van der Waals surface area contributed by atoms with Crippen molar-refractivity contribution in [3.8, 4) is 0 Å². The fraction of sp³-hybridized carbons (Fsp3) is 0.444. The summed E-state index contributed by atoms with van der Waals surface area (Å²) in [5.41, 5.74) is 3.24. The van der Waals surface area contributed by atoms with Crippen molar-refractivity contribution < 1.29 is 0 Å². The van der Waals surface area contributed by atoms with Gasteiger partial charge in [-0.3, -0.25) is 4.79 Å². The minimum absolute atomic E-state index is 0.0454. The summed E-state index contributed by atoms with van der Waals surface area (Å²) in [6.07, 6.45) is 7.11. The summed E-state index contributed by atoms with van der Waals surface area (Å²) in [4.78, 5) is 19.4. The highest BCUT2D eigenvalue weighted by Gasteiger charge is 2.16. The summed E-state index contributed by atoms with van der Waals surface area (Å²) >= 11 is 1.74. The number of aryl methyl sites for hydroxylation is 1. The maximum absolute atomic E-state index is 11.9. The molecule has 4 heteroatoms. The average Bonchev–Trinajstić information content (AvgIpc) is 2.47. The largest absolute Gasteiger partial charge is 0.301 e. The number of nitrogens with zero attached hydrogens (tertiary/aromatic N) is 1. The Morgan fingerprint density at radius 1 is 1.23 bits per heavy atom. The fourth-order valence-corrected chi connectivity index (χ4v) is 4.22. The topological polar surface area (TPSA) is 45.8 Å². The summed E-state index contributed by atoms with van der Waals surface area (Å²) in [6.45, 7) is 2.08. The molecule has 1 aromatic carbocycles. The van der Waals surface area contributed by atoms with Crippen LogP contribution in [0.15, 0.2) is 40.3 Å². The SMILES string of the molecule is Cc1cccc(Cc2cc(=O)[nH]c(SC3CCCCC3)n2)c1. The molecule has 1 N–H and O–H groups in total. The van der Waals surface area contributed by atoms with Crippen LogP contribution >= 0.6 is 11.8 Å². The highest BCUT2D eigenvalue weighted by Crippen LogP contribution is 2.31. The van der Waals surface area contributed by atoms with Gasteiger partial charge in [0.15, 0.2) is 5.16 Å². The summed E-state index contributed by atoms with van der Waals surface area (Å²) in [5.74, 6) is 0. The van der Waals surface area contributed by atoms with Crippen LogP contribution in [0.2, 0.25) is 0 Å². The van der Waals surface area contributed by atoms with Crippen LogP contribution < -0.4 is 5.56 Å². The number of benzene rings is 1. The molecule has 1 fully saturated rings. The van der Waals surface area contributed by atoms with Gasteiger partial charge in [-0.15, -0.1) is 0 Å². The minimum atomic E-state index is -0.0454. The Morgan fingerprint density at radius 3 is 2.82 bits per heavy atom. The molecule has 1 aliphatic rings. The van der Waals surface area contributed by atoms with Crippen LogP contribution in [0.3, 0.4) is 0 Å². The first-order chi connectivity index (χ1) is 10.7. The molecule has 0 amide bonds. The number of hydrogen-bond acceptors (Lipinski definition) is 3. The zero-order valence-electron chi connectivity index (χ0n) is 13.0. The first kappa shape index (κ1) is 15.3. The zero-order valence-corrected chi connectivity index (χ0v) is 13.8. The Morgan fingerprint density at radius 2 is 2.05 bits per heavy atom. The third-order valence-electron chi connectivity index (χ3n) is 4.07. The van der Waals surface area contributed by atoms with Crippen LogP contribution in [0.25, 0.3) is 0 Å². The third kappa shape index (κ3) is 4.23. The van der Waals surface area contributed by atoms with Gasteiger partial charge in [0.1, 0.15) is 0 Å². The molecule has 3 rings (SSSR count). The second-order valence-corrected chi connectivity index (χ2v) is 7.37. The molecule has 0 atom stereocenters. The molecule has 0 saturated heterocycles. The van der Waals surface area contributed by atoms with E-state index in [-0.39, 0.29) is 5.56 Å². The molecular weight excluding hydrogens is 292 g/mol. The zero-order chi connectivity index (χ0) is 15.4. The summed E-state index contributed by atoms with van der Waals surface area (Å²) < 4.78 is 0. The molecule has 1 saturated carbocycles. The molecule has 1 aliphatic carbocycles. The van der Waals surface area contributed by atoms with E-state index in [1.807, 2.05) is 0 Å². The minimum Gasteiger partial charge on any atom is -0.301 e. The third-order valence-corrected chi connectivity index (χ3v) is 5.29. The summed E-state index contributed by atoms with van der Waals surface area (Å²) in [5, 5.41) is 1.38. The Kier molecular flexibility index (Phi) is 4.98. The Labute approximate surface area is 135 Å².